The lowest BCUT2D eigenvalue weighted by Crippen LogP contribution is -2.07. The van der Waals surface area contributed by atoms with Gasteiger partial charge < -0.3 is 9.84 Å². The molecule has 0 aromatic carbocycles. The van der Waals surface area contributed by atoms with Gasteiger partial charge in [-0.25, -0.2) is 0 Å². The summed E-state index contributed by atoms with van der Waals surface area (Å²) in [5.41, 5.74) is 0.562. The van der Waals surface area contributed by atoms with Crippen LogP contribution in [0.4, 0.5) is 0 Å². The van der Waals surface area contributed by atoms with Gasteiger partial charge in [-0.15, -0.1) is 0 Å². The van der Waals surface area contributed by atoms with Gasteiger partial charge in [0, 0.05) is 17.1 Å². The number of pyridine rings is 1. The van der Waals surface area contributed by atoms with Crippen molar-refractivity contribution in [1.29, 1.82) is 0 Å². The number of aromatic nitrogens is 1. The van der Waals surface area contributed by atoms with E-state index in [1.807, 2.05) is 0 Å². The first-order chi connectivity index (χ1) is 7.63. The molecule has 0 saturated carbocycles. The van der Waals surface area contributed by atoms with Crippen molar-refractivity contribution in [3.8, 4) is 0 Å². The van der Waals surface area contributed by atoms with Gasteiger partial charge >= 0.3 is 5.97 Å². The maximum atomic E-state index is 11.1. The van der Waals surface area contributed by atoms with Crippen LogP contribution in [0.5, 0.6) is 0 Å². The topological polar surface area (TPSA) is 59.4 Å². The normalized spacial score (nSPS) is 12.2. The lowest BCUT2D eigenvalue weighted by molar-refractivity contribution is -0.143. The molecule has 4 nitrogen and oxygen atoms in total. The van der Waals surface area contributed by atoms with Gasteiger partial charge in [-0.1, -0.05) is 0 Å². The number of carbonyl (C=O) groups is 1. The van der Waals surface area contributed by atoms with E-state index >= 15 is 0 Å². The second-order valence-corrected chi connectivity index (χ2v) is 4.18. The fourth-order valence-corrected chi connectivity index (χ4v) is 1.45. The van der Waals surface area contributed by atoms with Crippen molar-refractivity contribution in [2.45, 2.75) is 25.9 Å². The number of carbonyl (C=O) groups excluding carboxylic acids is 1. The fourth-order valence-electron chi connectivity index (χ4n) is 1.22. The third kappa shape index (κ3) is 4.28. The molecule has 0 spiro atoms. The summed E-state index contributed by atoms with van der Waals surface area (Å²) in [6.07, 6.45) is 1.42. The number of aliphatic hydroxyl groups is 1. The molecule has 5 heteroatoms. The fraction of sp³-hybridized carbons (Fsp3) is 0.455. The van der Waals surface area contributed by atoms with Crippen molar-refractivity contribution in [3.05, 3.63) is 28.5 Å². The summed E-state index contributed by atoms with van der Waals surface area (Å²) in [4.78, 5) is 15.1. The summed E-state index contributed by atoms with van der Waals surface area (Å²) in [5.74, 6) is -0.293. The predicted octanol–water partition coefficient (Wildman–Crippen LogP) is 2.22. The lowest BCUT2D eigenvalue weighted by Gasteiger charge is -2.09. The maximum Gasteiger partial charge on any atom is 0.305 e. The molecular formula is C11H14BrNO3. The molecule has 0 fully saturated rings. The quantitative estimate of drug-likeness (QED) is 0.844. The molecule has 0 aliphatic heterocycles. The van der Waals surface area contributed by atoms with Crippen LogP contribution in [0.25, 0.3) is 0 Å². The average Bonchev–Trinajstić information content (AvgIpc) is 2.27. The Bertz CT molecular complexity index is 340. The van der Waals surface area contributed by atoms with Crippen LogP contribution >= 0.6 is 15.9 Å². The predicted molar refractivity (Wildman–Crippen MR) is 62.8 cm³/mol. The molecule has 0 aliphatic carbocycles. The molecule has 0 amide bonds. The van der Waals surface area contributed by atoms with Gasteiger partial charge in [0.1, 0.15) is 0 Å². The van der Waals surface area contributed by atoms with Crippen molar-refractivity contribution >= 4 is 21.9 Å². The van der Waals surface area contributed by atoms with Crippen LogP contribution < -0.4 is 0 Å². The van der Waals surface area contributed by atoms with Crippen LogP contribution in [0, 0.1) is 0 Å². The zero-order valence-electron chi connectivity index (χ0n) is 9.02. The molecule has 1 unspecified atom stereocenters. The van der Waals surface area contributed by atoms with Crippen molar-refractivity contribution in [2.75, 3.05) is 6.61 Å². The molecule has 1 aromatic rings. The Morgan fingerprint density at radius 3 is 2.94 bits per heavy atom. The van der Waals surface area contributed by atoms with Crippen molar-refractivity contribution in [3.63, 3.8) is 0 Å². The van der Waals surface area contributed by atoms with Gasteiger partial charge in [0.2, 0.25) is 0 Å². The Balaban J connectivity index is 2.43. The highest BCUT2D eigenvalue weighted by Crippen LogP contribution is 2.18. The number of nitrogens with zero attached hydrogens (tertiary/aromatic N) is 1. The highest BCUT2D eigenvalue weighted by molar-refractivity contribution is 9.10. The highest BCUT2D eigenvalue weighted by atomic mass is 79.9. The number of halogens is 1. The van der Waals surface area contributed by atoms with Crippen LogP contribution in [-0.2, 0) is 9.53 Å². The number of hydrogen-bond acceptors (Lipinski definition) is 4. The van der Waals surface area contributed by atoms with Crippen LogP contribution in [0.1, 0.15) is 31.6 Å². The molecule has 1 aromatic heterocycles. The van der Waals surface area contributed by atoms with Crippen LogP contribution in [0.3, 0.4) is 0 Å². The van der Waals surface area contributed by atoms with E-state index in [9.17, 15) is 9.90 Å². The zero-order valence-corrected chi connectivity index (χ0v) is 10.6. The summed E-state index contributed by atoms with van der Waals surface area (Å²) >= 11 is 3.26. The number of ether oxygens (including phenoxy) is 1. The Morgan fingerprint density at radius 1 is 1.62 bits per heavy atom. The van der Waals surface area contributed by atoms with Crippen molar-refractivity contribution in [2.24, 2.45) is 0 Å². The average molecular weight is 288 g/mol. The molecular weight excluding hydrogens is 274 g/mol. The Morgan fingerprint density at radius 2 is 2.38 bits per heavy atom. The van der Waals surface area contributed by atoms with Gasteiger partial charge in [0.25, 0.3) is 0 Å². The van der Waals surface area contributed by atoms with Crippen LogP contribution in [0.15, 0.2) is 22.8 Å². The first-order valence-electron chi connectivity index (χ1n) is 5.08. The van der Waals surface area contributed by atoms with E-state index in [2.05, 4.69) is 20.9 Å². The second-order valence-electron chi connectivity index (χ2n) is 3.26. The Kier molecular flexibility index (Phi) is 5.42. The lowest BCUT2D eigenvalue weighted by atomic mass is 10.1. The molecule has 1 heterocycles. The van der Waals surface area contributed by atoms with Crippen molar-refractivity contribution < 1.29 is 14.6 Å². The van der Waals surface area contributed by atoms with Gasteiger partial charge in [-0.2, -0.15) is 0 Å². The van der Waals surface area contributed by atoms with Gasteiger partial charge in [0.05, 0.1) is 18.4 Å². The molecule has 0 saturated heterocycles. The third-order valence-electron chi connectivity index (χ3n) is 2.02. The summed E-state index contributed by atoms with van der Waals surface area (Å²) in [7, 11) is 0. The number of esters is 1. The van der Waals surface area contributed by atoms with Gasteiger partial charge in [-0.3, -0.25) is 9.78 Å². The number of hydrogen-bond donors (Lipinski definition) is 1. The molecule has 1 rings (SSSR count). The van der Waals surface area contributed by atoms with E-state index in [0.29, 0.717) is 18.7 Å². The van der Waals surface area contributed by atoms with E-state index in [1.54, 1.807) is 25.3 Å². The number of rotatable bonds is 5. The second kappa shape index (κ2) is 6.60. The summed E-state index contributed by atoms with van der Waals surface area (Å²) < 4.78 is 5.62. The maximum absolute atomic E-state index is 11.1. The number of aliphatic hydroxyl groups excluding tert-OH is 1. The minimum absolute atomic E-state index is 0.201. The monoisotopic (exact) mass is 287 g/mol. The van der Waals surface area contributed by atoms with E-state index < -0.39 is 6.10 Å². The van der Waals surface area contributed by atoms with Crippen molar-refractivity contribution in [1.82, 2.24) is 4.98 Å². The largest absolute Gasteiger partial charge is 0.466 e. The summed E-state index contributed by atoms with van der Waals surface area (Å²) in [6, 6.07) is 3.52. The molecule has 16 heavy (non-hydrogen) atoms. The van der Waals surface area contributed by atoms with E-state index in [-0.39, 0.29) is 12.4 Å². The van der Waals surface area contributed by atoms with Gasteiger partial charge in [-0.05, 0) is 41.4 Å². The minimum Gasteiger partial charge on any atom is -0.466 e. The SMILES string of the molecule is CCOC(=O)CCC(O)c1ccc(Br)cn1. The minimum atomic E-state index is -0.725. The van der Waals surface area contributed by atoms with E-state index in [4.69, 9.17) is 4.74 Å². The van der Waals surface area contributed by atoms with Crippen LogP contribution in [-0.4, -0.2) is 22.7 Å². The highest BCUT2D eigenvalue weighted by Gasteiger charge is 2.11. The zero-order chi connectivity index (χ0) is 12.0. The molecule has 88 valence electrons. The summed E-state index contributed by atoms with van der Waals surface area (Å²) in [5, 5.41) is 9.74. The molecule has 1 atom stereocenters. The van der Waals surface area contributed by atoms with E-state index in [1.165, 1.54) is 0 Å². The van der Waals surface area contributed by atoms with Crippen LogP contribution in [0.2, 0.25) is 0 Å². The standard InChI is InChI=1S/C11H14BrNO3/c1-2-16-11(15)6-5-10(14)9-4-3-8(12)7-13-9/h3-4,7,10,14H,2,5-6H2,1H3. The Labute approximate surface area is 103 Å². The molecule has 0 bridgehead atoms. The first kappa shape index (κ1) is 13.1. The van der Waals surface area contributed by atoms with E-state index in [0.717, 1.165) is 4.47 Å². The molecule has 0 aliphatic rings. The molecule has 1 N–H and O–H groups in total. The smallest absolute Gasteiger partial charge is 0.305 e. The first-order valence-corrected chi connectivity index (χ1v) is 5.88. The Hall–Kier alpha value is -0.940. The summed E-state index contributed by atoms with van der Waals surface area (Å²) in [6.45, 7) is 2.12. The molecule has 0 radical (unpaired) electrons. The third-order valence-corrected chi connectivity index (χ3v) is 2.49. The van der Waals surface area contributed by atoms with Gasteiger partial charge in [0.15, 0.2) is 0 Å².